The van der Waals surface area contributed by atoms with Crippen molar-refractivity contribution in [3.63, 3.8) is 0 Å². The van der Waals surface area contributed by atoms with Gasteiger partial charge in [-0.2, -0.15) is 0 Å². The van der Waals surface area contributed by atoms with Crippen LogP contribution in [0, 0.1) is 5.82 Å². The summed E-state index contributed by atoms with van der Waals surface area (Å²) in [7, 11) is 0. The van der Waals surface area contributed by atoms with Crippen LogP contribution in [0.3, 0.4) is 0 Å². The minimum Gasteiger partial charge on any atom is -0.444 e. The number of rotatable bonds is 8. The summed E-state index contributed by atoms with van der Waals surface area (Å²) in [6.07, 6.45) is 1.19. The fourth-order valence-electron chi connectivity index (χ4n) is 3.64. The summed E-state index contributed by atoms with van der Waals surface area (Å²) in [6, 6.07) is 29.2. The number of anilines is 3. The molecule has 0 radical (unpaired) electrons. The van der Waals surface area contributed by atoms with Crippen LogP contribution in [0.25, 0.3) is 0 Å². The molecule has 0 aliphatic heterocycles. The summed E-state index contributed by atoms with van der Waals surface area (Å²) >= 11 is 0. The Hall–Kier alpha value is -4.19. The maximum atomic E-state index is 13.4. The molecule has 0 saturated heterocycles. The molecule has 0 unspecified atom stereocenters. The summed E-state index contributed by atoms with van der Waals surface area (Å²) in [6.45, 7) is 3.14. The first-order chi connectivity index (χ1) is 16.6. The Morgan fingerprint density at radius 1 is 0.853 bits per heavy atom. The van der Waals surface area contributed by atoms with Gasteiger partial charge in [0.2, 0.25) is 0 Å². The van der Waals surface area contributed by atoms with Gasteiger partial charge in [-0.05, 0) is 48.4 Å². The first-order valence-electron chi connectivity index (χ1n) is 11.2. The Morgan fingerprint density at radius 3 is 2.21 bits per heavy atom. The van der Waals surface area contributed by atoms with Crippen LogP contribution in [0.2, 0.25) is 0 Å². The van der Waals surface area contributed by atoms with Crippen LogP contribution in [0.15, 0.2) is 103 Å². The second-order valence-electron chi connectivity index (χ2n) is 7.70. The number of ether oxygens (including phenoxy) is 1. The van der Waals surface area contributed by atoms with Crippen LogP contribution in [0.4, 0.5) is 26.4 Å². The largest absolute Gasteiger partial charge is 0.444 e. The van der Waals surface area contributed by atoms with E-state index in [1.165, 1.54) is 12.1 Å². The molecule has 0 bridgehead atoms. The van der Waals surface area contributed by atoms with E-state index >= 15 is 0 Å². The Bertz CT molecular complexity index is 1200. The molecular weight excluding hydrogens is 429 g/mol. The summed E-state index contributed by atoms with van der Waals surface area (Å²) in [4.78, 5) is 21.3. The van der Waals surface area contributed by atoms with Crippen molar-refractivity contribution in [1.29, 1.82) is 0 Å². The average molecular weight is 456 g/mol. The molecule has 4 aromatic rings. The highest BCUT2D eigenvalue weighted by molar-refractivity contribution is 5.88. The van der Waals surface area contributed by atoms with Gasteiger partial charge in [0.05, 0.1) is 12.2 Å². The normalized spacial score (nSPS) is 10.5. The highest BCUT2D eigenvalue weighted by Crippen LogP contribution is 2.28. The summed E-state index contributed by atoms with van der Waals surface area (Å²) in [5.74, 6) is 0.390. The molecule has 172 valence electrons. The van der Waals surface area contributed by atoms with Crippen molar-refractivity contribution in [1.82, 2.24) is 4.98 Å². The molecule has 0 saturated carbocycles. The van der Waals surface area contributed by atoms with Gasteiger partial charge in [-0.25, -0.2) is 14.2 Å². The number of halogens is 1. The summed E-state index contributed by atoms with van der Waals surface area (Å²) < 4.78 is 19.1. The van der Waals surface area contributed by atoms with Crippen molar-refractivity contribution < 1.29 is 13.9 Å². The van der Waals surface area contributed by atoms with Crippen molar-refractivity contribution >= 4 is 23.3 Å². The fraction of sp³-hybridized carbons (Fsp3) is 0.143. The SMILES string of the molecule is CCN(c1ccccc1)c1cc(N(Cc2ccc(F)cc2)C(=O)OCc2ccccc2)ccn1. The lowest BCUT2D eigenvalue weighted by Crippen LogP contribution is -2.31. The molecule has 0 atom stereocenters. The lowest BCUT2D eigenvalue weighted by molar-refractivity contribution is 0.146. The topological polar surface area (TPSA) is 45.7 Å². The van der Waals surface area contributed by atoms with Crippen molar-refractivity contribution in [2.24, 2.45) is 0 Å². The number of carbonyl (C=O) groups is 1. The minimum absolute atomic E-state index is 0.155. The molecule has 0 aliphatic carbocycles. The maximum Gasteiger partial charge on any atom is 0.414 e. The standard InChI is InChI=1S/C28H26FN3O2/c1-2-31(25-11-7-4-8-12-25)27-19-26(17-18-30-27)32(20-22-13-15-24(29)16-14-22)28(33)34-21-23-9-5-3-6-10-23/h3-19H,2,20-21H2,1H3. The van der Waals surface area contributed by atoms with Crippen LogP contribution < -0.4 is 9.80 Å². The second-order valence-corrected chi connectivity index (χ2v) is 7.70. The van der Waals surface area contributed by atoms with Crippen LogP contribution in [0.5, 0.6) is 0 Å². The highest BCUT2D eigenvalue weighted by Gasteiger charge is 2.20. The third kappa shape index (κ3) is 5.78. The number of pyridine rings is 1. The van der Waals surface area contributed by atoms with Gasteiger partial charge in [0.1, 0.15) is 18.2 Å². The number of nitrogens with zero attached hydrogens (tertiary/aromatic N) is 3. The number of amides is 1. The van der Waals surface area contributed by atoms with E-state index in [0.717, 1.165) is 16.8 Å². The number of aromatic nitrogens is 1. The van der Waals surface area contributed by atoms with Crippen LogP contribution >= 0.6 is 0 Å². The highest BCUT2D eigenvalue weighted by atomic mass is 19.1. The number of benzene rings is 3. The number of hydrogen-bond donors (Lipinski definition) is 0. The summed E-state index contributed by atoms with van der Waals surface area (Å²) in [5, 5.41) is 0. The molecule has 5 nitrogen and oxygen atoms in total. The van der Waals surface area contributed by atoms with Gasteiger partial charge in [0.25, 0.3) is 0 Å². The van der Waals surface area contributed by atoms with Crippen LogP contribution in [-0.4, -0.2) is 17.6 Å². The first-order valence-corrected chi connectivity index (χ1v) is 11.2. The lowest BCUT2D eigenvalue weighted by Gasteiger charge is -2.26. The minimum atomic E-state index is -0.493. The van der Waals surface area contributed by atoms with E-state index in [4.69, 9.17) is 4.74 Å². The number of hydrogen-bond acceptors (Lipinski definition) is 4. The smallest absolute Gasteiger partial charge is 0.414 e. The van der Waals surface area contributed by atoms with Crippen LogP contribution in [-0.2, 0) is 17.9 Å². The molecule has 34 heavy (non-hydrogen) atoms. The molecule has 4 rings (SSSR count). The molecule has 0 aliphatic rings. The quantitative estimate of drug-likeness (QED) is 0.296. The first kappa shape index (κ1) is 23.0. The van der Waals surface area contributed by atoms with Crippen LogP contribution in [0.1, 0.15) is 18.1 Å². The van der Waals surface area contributed by atoms with Gasteiger partial charge in [-0.15, -0.1) is 0 Å². The predicted octanol–water partition coefficient (Wildman–Crippen LogP) is 6.72. The van der Waals surface area contributed by atoms with Gasteiger partial charge in [0.15, 0.2) is 0 Å². The Morgan fingerprint density at radius 2 is 1.53 bits per heavy atom. The molecule has 1 amide bonds. The predicted molar refractivity (Wildman–Crippen MR) is 133 cm³/mol. The molecule has 0 fully saturated rings. The average Bonchev–Trinajstić information content (AvgIpc) is 2.89. The van der Waals surface area contributed by atoms with Gasteiger partial charge in [-0.3, -0.25) is 4.90 Å². The van der Waals surface area contributed by atoms with Gasteiger partial charge in [-0.1, -0.05) is 60.7 Å². The fourth-order valence-corrected chi connectivity index (χ4v) is 3.64. The Kier molecular flexibility index (Phi) is 7.50. The van der Waals surface area contributed by atoms with Crippen molar-refractivity contribution in [3.05, 3.63) is 120 Å². The maximum absolute atomic E-state index is 13.4. The van der Waals surface area contributed by atoms with E-state index in [0.29, 0.717) is 18.1 Å². The van der Waals surface area contributed by atoms with Gasteiger partial charge >= 0.3 is 6.09 Å². The monoisotopic (exact) mass is 455 g/mol. The molecule has 1 aromatic heterocycles. The van der Waals surface area contributed by atoms with Gasteiger partial charge < -0.3 is 9.64 Å². The lowest BCUT2D eigenvalue weighted by atomic mass is 10.2. The molecule has 6 heteroatoms. The van der Waals surface area contributed by atoms with Crippen molar-refractivity contribution in [3.8, 4) is 0 Å². The van der Waals surface area contributed by atoms with Crippen molar-refractivity contribution in [2.75, 3.05) is 16.3 Å². The van der Waals surface area contributed by atoms with E-state index in [2.05, 4.69) is 9.88 Å². The Labute approximate surface area is 199 Å². The molecule has 0 N–H and O–H groups in total. The second kappa shape index (κ2) is 11.1. The Balaban J connectivity index is 1.62. The van der Waals surface area contributed by atoms with Gasteiger partial charge in [0, 0.05) is 24.5 Å². The van der Waals surface area contributed by atoms with Crippen molar-refractivity contribution in [2.45, 2.75) is 20.1 Å². The molecular formula is C28H26FN3O2. The summed E-state index contributed by atoms with van der Waals surface area (Å²) in [5.41, 5.74) is 3.33. The zero-order chi connectivity index (χ0) is 23.8. The molecule has 3 aromatic carbocycles. The number of carbonyl (C=O) groups excluding carboxylic acids is 1. The zero-order valence-corrected chi connectivity index (χ0v) is 19.0. The number of para-hydroxylation sites is 1. The molecule has 1 heterocycles. The zero-order valence-electron chi connectivity index (χ0n) is 19.0. The van der Waals surface area contributed by atoms with E-state index in [9.17, 15) is 9.18 Å². The third-order valence-electron chi connectivity index (χ3n) is 5.38. The third-order valence-corrected chi connectivity index (χ3v) is 5.38. The van der Waals surface area contributed by atoms with E-state index < -0.39 is 6.09 Å². The van der Waals surface area contributed by atoms with E-state index in [1.807, 2.05) is 73.7 Å². The van der Waals surface area contributed by atoms with E-state index in [-0.39, 0.29) is 19.0 Å². The molecule has 0 spiro atoms. The van der Waals surface area contributed by atoms with E-state index in [1.54, 1.807) is 29.3 Å².